The van der Waals surface area contributed by atoms with E-state index in [0.717, 1.165) is 35.1 Å². The van der Waals surface area contributed by atoms with Crippen molar-refractivity contribution in [2.24, 2.45) is 13.0 Å². The van der Waals surface area contributed by atoms with Gasteiger partial charge in [-0.05, 0) is 30.9 Å². The van der Waals surface area contributed by atoms with Crippen LogP contribution in [0.3, 0.4) is 0 Å². The number of fused-ring (bicyclic) bond motifs is 1. The van der Waals surface area contributed by atoms with Crippen LogP contribution in [0.5, 0.6) is 5.75 Å². The van der Waals surface area contributed by atoms with Gasteiger partial charge >= 0.3 is 0 Å². The number of aromatic nitrogens is 2. The quantitative estimate of drug-likeness (QED) is 0.674. The van der Waals surface area contributed by atoms with Gasteiger partial charge in [-0.15, -0.1) is 0 Å². The van der Waals surface area contributed by atoms with Crippen LogP contribution < -0.4 is 10.1 Å². The van der Waals surface area contributed by atoms with E-state index in [2.05, 4.69) is 10.4 Å². The lowest BCUT2D eigenvalue weighted by molar-refractivity contribution is -0.131. The number of aryl methyl sites for hydroxylation is 1. The number of nitrogens with zero attached hydrogens (tertiary/aromatic N) is 3. The van der Waals surface area contributed by atoms with E-state index in [1.807, 2.05) is 23.1 Å². The van der Waals surface area contributed by atoms with Crippen LogP contribution in [0.1, 0.15) is 28.8 Å². The number of carbonyl (C=O) groups excluding carboxylic acids is 2. The smallest absolute Gasteiger partial charge is 0.254 e. The minimum absolute atomic E-state index is 0.103. The maximum atomic E-state index is 12.8. The Morgan fingerprint density at radius 2 is 2.10 bits per heavy atom. The highest BCUT2D eigenvalue weighted by atomic mass is 16.5. The molecule has 2 amide bonds. The summed E-state index contributed by atoms with van der Waals surface area (Å²) in [6, 6.07) is 5.63. The molecule has 1 saturated heterocycles. The SMILES string of the molecule is COc1ccc2c(CC(=O)N3CCC(CNC(=O)c4cnn(C)c4)CC3)coc2c1. The molecule has 1 fully saturated rings. The van der Waals surface area contributed by atoms with Crippen LogP contribution >= 0.6 is 0 Å². The summed E-state index contributed by atoms with van der Waals surface area (Å²) in [7, 11) is 3.40. The molecule has 2 aromatic heterocycles. The summed E-state index contributed by atoms with van der Waals surface area (Å²) < 4.78 is 12.4. The number of hydrogen-bond donors (Lipinski definition) is 1. The van der Waals surface area contributed by atoms with Gasteiger partial charge in [0.2, 0.25) is 5.91 Å². The summed E-state index contributed by atoms with van der Waals surface area (Å²) in [5.74, 6) is 1.10. The van der Waals surface area contributed by atoms with Crippen molar-refractivity contribution in [2.75, 3.05) is 26.7 Å². The van der Waals surface area contributed by atoms with Gasteiger partial charge in [-0.25, -0.2) is 0 Å². The van der Waals surface area contributed by atoms with E-state index in [1.54, 1.807) is 37.5 Å². The molecule has 0 atom stereocenters. The monoisotopic (exact) mass is 410 g/mol. The van der Waals surface area contributed by atoms with Crippen molar-refractivity contribution in [2.45, 2.75) is 19.3 Å². The van der Waals surface area contributed by atoms with E-state index in [1.165, 1.54) is 0 Å². The van der Waals surface area contributed by atoms with Crippen LogP contribution in [0.25, 0.3) is 11.0 Å². The molecule has 1 aliphatic heterocycles. The topological polar surface area (TPSA) is 89.6 Å². The van der Waals surface area contributed by atoms with Gasteiger partial charge in [0, 0.05) is 49.9 Å². The van der Waals surface area contributed by atoms with Crippen molar-refractivity contribution in [3.05, 3.63) is 48.0 Å². The van der Waals surface area contributed by atoms with Crippen LogP contribution in [-0.2, 0) is 18.3 Å². The Morgan fingerprint density at radius 3 is 2.80 bits per heavy atom. The maximum absolute atomic E-state index is 12.8. The third kappa shape index (κ3) is 4.32. The van der Waals surface area contributed by atoms with Crippen LogP contribution in [0.15, 0.2) is 41.3 Å². The number of hydrogen-bond acceptors (Lipinski definition) is 5. The molecule has 1 aromatic carbocycles. The van der Waals surface area contributed by atoms with E-state index in [-0.39, 0.29) is 11.8 Å². The largest absolute Gasteiger partial charge is 0.497 e. The number of carbonyl (C=O) groups is 2. The lowest BCUT2D eigenvalue weighted by Crippen LogP contribution is -2.42. The minimum atomic E-state index is -0.106. The number of amides is 2. The lowest BCUT2D eigenvalue weighted by atomic mass is 9.96. The number of rotatable bonds is 6. The van der Waals surface area contributed by atoms with Crippen LogP contribution in [0.4, 0.5) is 0 Å². The summed E-state index contributed by atoms with van der Waals surface area (Å²) in [6.45, 7) is 2.02. The van der Waals surface area contributed by atoms with E-state index in [9.17, 15) is 9.59 Å². The molecule has 158 valence electrons. The van der Waals surface area contributed by atoms with Crippen molar-refractivity contribution in [3.63, 3.8) is 0 Å². The molecule has 0 aliphatic carbocycles. The summed E-state index contributed by atoms with van der Waals surface area (Å²) >= 11 is 0. The molecule has 0 bridgehead atoms. The Kier molecular flexibility index (Phi) is 5.74. The average Bonchev–Trinajstić information content (AvgIpc) is 3.38. The first kappa shape index (κ1) is 20.0. The predicted octanol–water partition coefficient (Wildman–Crippen LogP) is 2.39. The molecule has 0 radical (unpaired) electrons. The van der Waals surface area contributed by atoms with Gasteiger partial charge in [0.05, 0.1) is 31.6 Å². The van der Waals surface area contributed by atoms with Crippen molar-refractivity contribution in [3.8, 4) is 5.75 Å². The van der Waals surface area contributed by atoms with Gasteiger partial charge in [-0.2, -0.15) is 5.10 Å². The summed E-state index contributed by atoms with van der Waals surface area (Å²) in [5, 5.41) is 7.93. The Balaban J connectivity index is 1.27. The minimum Gasteiger partial charge on any atom is -0.497 e. The number of piperidine rings is 1. The fraction of sp³-hybridized carbons (Fsp3) is 0.409. The summed E-state index contributed by atoms with van der Waals surface area (Å²) in [4.78, 5) is 26.8. The zero-order valence-electron chi connectivity index (χ0n) is 17.3. The molecular weight excluding hydrogens is 384 g/mol. The van der Waals surface area contributed by atoms with E-state index in [0.29, 0.717) is 37.5 Å². The number of nitrogens with one attached hydrogen (secondary N) is 1. The summed E-state index contributed by atoms with van der Waals surface area (Å²) in [5.41, 5.74) is 2.18. The molecule has 8 heteroatoms. The zero-order valence-corrected chi connectivity index (χ0v) is 17.3. The van der Waals surface area contributed by atoms with Crippen molar-refractivity contribution in [1.29, 1.82) is 0 Å². The fourth-order valence-corrected chi connectivity index (χ4v) is 3.87. The zero-order chi connectivity index (χ0) is 21.1. The van der Waals surface area contributed by atoms with Gasteiger partial charge in [0.1, 0.15) is 11.3 Å². The average molecular weight is 410 g/mol. The van der Waals surface area contributed by atoms with Crippen LogP contribution in [0, 0.1) is 5.92 Å². The molecule has 0 saturated carbocycles. The third-order valence-corrected chi connectivity index (χ3v) is 5.69. The summed E-state index contributed by atoms with van der Waals surface area (Å²) in [6.07, 6.45) is 6.99. The van der Waals surface area contributed by atoms with Crippen molar-refractivity contribution >= 4 is 22.8 Å². The third-order valence-electron chi connectivity index (χ3n) is 5.69. The number of benzene rings is 1. The van der Waals surface area contributed by atoms with E-state index >= 15 is 0 Å². The molecular formula is C22H26N4O4. The molecule has 4 rings (SSSR count). The Morgan fingerprint density at radius 1 is 1.30 bits per heavy atom. The van der Waals surface area contributed by atoms with Crippen LogP contribution in [0.2, 0.25) is 0 Å². The highest BCUT2D eigenvalue weighted by molar-refractivity contribution is 5.93. The first-order chi connectivity index (χ1) is 14.5. The number of furan rings is 1. The maximum Gasteiger partial charge on any atom is 0.254 e. The van der Waals surface area contributed by atoms with Crippen LogP contribution in [-0.4, -0.2) is 53.2 Å². The molecule has 8 nitrogen and oxygen atoms in total. The first-order valence-corrected chi connectivity index (χ1v) is 10.1. The van der Waals surface area contributed by atoms with Crippen molar-refractivity contribution < 1.29 is 18.7 Å². The van der Waals surface area contributed by atoms with Gasteiger partial charge < -0.3 is 19.4 Å². The molecule has 1 aliphatic rings. The lowest BCUT2D eigenvalue weighted by Gasteiger charge is -2.32. The van der Waals surface area contributed by atoms with Gasteiger partial charge in [0.25, 0.3) is 5.91 Å². The van der Waals surface area contributed by atoms with E-state index in [4.69, 9.17) is 9.15 Å². The van der Waals surface area contributed by atoms with Gasteiger partial charge in [-0.1, -0.05) is 0 Å². The Hall–Kier alpha value is -3.29. The standard InChI is InChI=1S/C22H26N4O4/c1-25-13-17(12-24-25)22(28)23-11-15-5-7-26(8-6-15)21(27)9-16-14-30-20-10-18(29-2)3-4-19(16)20/h3-4,10,12-15H,5-9,11H2,1-2H3,(H,23,28). The second-order valence-electron chi connectivity index (χ2n) is 7.74. The molecule has 3 heterocycles. The van der Waals surface area contributed by atoms with Gasteiger partial charge in [-0.3, -0.25) is 14.3 Å². The number of likely N-dealkylation sites (tertiary alicyclic amines) is 1. The first-order valence-electron chi connectivity index (χ1n) is 10.1. The normalized spacial score (nSPS) is 14.8. The Labute approximate surface area is 174 Å². The second kappa shape index (κ2) is 8.61. The molecule has 3 aromatic rings. The van der Waals surface area contributed by atoms with E-state index < -0.39 is 0 Å². The fourth-order valence-electron chi connectivity index (χ4n) is 3.87. The number of ether oxygens (including phenoxy) is 1. The highest BCUT2D eigenvalue weighted by Crippen LogP contribution is 2.26. The molecule has 0 unspecified atom stereocenters. The molecule has 30 heavy (non-hydrogen) atoms. The van der Waals surface area contributed by atoms with Gasteiger partial charge in [0.15, 0.2) is 0 Å². The molecule has 0 spiro atoms. The highest BCUT2D eigenvalue weighted by Gasteiger charge is 2.24. The second-order valence-corrected chi connectivity index (χ2v) is 7.74. The van der Waals surface area contributed by atoms with Crippen molar-refractivity contribution in [1.82, 2.24) is 20.0 Å². The Bertz CT molecular complexity index is 1050. The molecule has 1 N–H and O–H groups in total. The predicted molar refractivity (Wildman–Crippen MR) is 111 cm³/mol. The number of methoxy groups -OCH3 is 1.